The van der Waals surface area contributed by atoms with Crippen LogP contribution in [0.2, 0.25) is 0 Å². The van der Waals surface area contributed by atoms with Gasteiger partial charge in [-0.3, -0.25) is 9.69 Å². The number of ether oxygens (including phenoxy) is 1. The van der Waals surface area contributed by atoms with Crippen molar-refractivity contribution in [3.8, 4) is 0 Å². The van der Waals surface area contributed by atoms with E-state index in [-0.39, 0.29) is 18.5 Å². The zero-order chi connectivity index (χ0) is 14.8. The number of carbonyl (C=O) groups excluding carboxylic acids is 1. The Morgan fingerprint density at radius 3 is 2.53 bits per heavy atom. The molecular weight excluding hydrogens is 261 g/mol. The normalized spacial score (nSPS) is 28.2. The fraction of sp³-hybridized carbons (Fsp3) is 0.917. The number of hydrogen-bond acceptors (Lipinski definition) is 4. The lowest BCUT2D eigenvalue weighted by Crippen LogP contribution is -2.50. The van der Waals surface area contributed by atoms with E-state index in [0.717, 1.165) is 0 Å². The first-order chi connectivity index (χ1) is 8.59. The van der Waals surface area contributed by atoms with Gasteiger partial charge in [0.1, 0.15) is 5.54 Å². The quantitative estimate of drug-likeness (QED) is 0.797. The van der Waals surface area contributed by atoms with Crippen LogP contribution in [0.25, 0.3) is 0 Å². The van der Waals surface area contributed by atoms with Crippen LogP contribution in [0.3, 0.4) is 0 Å². The lowest BCUT2D eigenvalue weighted by atomic mass is 9.99. The first-order valence-electron chi connectivity index (χ1n) is 6.29. The van der Waals surface area contributed by atoms with Gasteiger partial charge in [0, 0.05) is 12.1 Å². The van der Waals surface area contributed by atoms with E-state index in [0.29, 0.717) is 12.8 Å². The molecule has 0 amide bonds. The van der Waals surface area contributed by atoms with E-state index in [9.17, 15) is 18.0 Å². The molecular formula is C12H21F3N2O2. The van der Waals surface area contributed by atoms with Crippen LogP contribution in [0.4, 0.5) is 13.2 Å². The molecule has 0 aromatic rings. The van der Waals surface area contributed by atoms with Gasteiger partial charge in [-0.2, -0.15) is 13.2 Å². The van der Waals surface area contributed by atoms with Gasteiger partial charge in [0.05, 0.1) is 13.7 Å². The van der Waals surface area contributed by atoms with Gasteiger partial charge >= 0.3 is 12.1 Å². The molecule has 1 aliphatic rings. The van der Waals surface area contributed by atoms with Crippen molar-refractivity contribution in [2.24, 2.45) is 5.73 Å². The molecule has 2 N–H and O–H groups in total. The molecule has 0 aliphatic heterocycles. The van der Waals surface area contributed by atoms with E-state index in [1.165, 1.54) is 12.0 Å². The van der Waals surface area contributed by atoms with Crippen LogP contribution in [0.15, 0.2) is 0 Å². The smallest absolute Gasteiger partial charge is 0.401 e. The Bertz CT molecular complexity index is 333. The minimum absolute atomic E-state index is 0.202. The molecule has 4 nitrogen and oxygen atoms in total. The van der Waals surface area contributed by atoms with Gasteiger partial charge in [0.2, 0.25) is 0 Å². The number of methoxy groups -OCH3 is 1. The summed E-state index contributed by atoms with van der Waals surface area (Å²) in [6.07, 6.45) is -3.23. The Balaban J connectivity index is 2.77. The molecule has 0 radical (unpaired) electrons. The Labute approximate surface area is 111 Å². The summed E-state index contributed by atoms with van der Waals surface area (Å²) in [7, 11) is 1.24. The number of esters is 1. The Morgan fingerprint density at radius 1 is 1.53 bits per heavy atom. The second-order valence-corrected chi connectivity index (χ2v) is 5.43. The molecule has 112 valence electrons. The number of nitrogens with zero attached hydrogens (tertiary/aromatic N) is 1. The van der Waals surface area contributed by atoms with Gasteiger partial charge in [-0.1, -0.05) is 0 Å². The molecule has 1 rings (SSSR count). The van der Waals surface area contributed by atoms with Crippen LogP contribution in [0.1, 0.15) is 33.1 Å². The average molecular weight is 282 g/mol. The summed E-state index contributed by atoms with van der Waals surface area (Å²) in [4.78, 5) is 12.9. The predicted octanol–water partition coefficient (Wildman–Crippen LogP) is 1.68. The minimum atomic E-state index is -4.25. The third kappa shape index (κ3) is 4.07. The standard InChI is InChI=1S/C12H21F3N2O2/c1-8(2)17(7-12(13,14)15)9-4-5-11(16,6-9)10(18)19-3/h8-9H,4-7,16H2,1-3H3. The molecule has 7 heteroatoms. The van der Waals surface area contributed by atoms with Gasteiger partial charge in [-0.05, 0) is 33.1 Å². The van der Waals surface area contributed by atoms with Gasteiger partial charge in [0.15, 0.2) is 0 Å². The summed E-state index contributed by atoms with van der Waals surface area (Å²) in [5.74, 6) is -0.550. The van der Waals surface area contributed by atoms with Crippen molar-refractivity contribution in [3.05, 3.63) is 0 Å². The van der Waals surface area contributed by atoms with E-state index in [2.05, 4.69) is 4.74 Å². The number of rotatable bonds is 4. The molecule has 0 bridgehead atoms. The zero-order valence-electron chi connectivity index (χ0n) is 11.5. The maximum Gasteiger partial charge on any atom is 0.401 e. The highest BCUT2D eigenvalue weighted by molar-refractivity contribution is 5.81. The monoisotopic (exact) mass is 282 g/mol. The average Bonchev–Trinajstić information content (AvgIpc) is 2.67. The van der Waals surface area contributed by atoms with E-state index in [1.807, 2.05) is 0 Å². The molecule has 1 fully saturated rings. The summed E-state index contributed by atoms with van der Waals surface area (Å²) < 4.78 is 42.3. The number of carbonyl (C=O) groups is 1. The van der Waals surface area contributed by atoms with Gasteiger partial charge in [-0.15, -0.1) is 0 Å². The van der Waals surface area contributed by atoms with Crippen molar-refractivity contribution in [3.63, 3.8) is 0 Å². The third-order valence-corrected chi connectivity index (χ3v) is 3.61. The van der Waals surface area contributed by atoms with Crippen molar-refractivity contribution < 1.29 is 22.7 Å². The van der Waals surface area contributed by atoms with E-state index in [4.69, 9.17) is 5.73 Å². The van der Waals surface area contributed by atoms with Crippen molar-refractivity contribution in [2.45, 2.75) is 56.9 Å². The molecule has 0 heterocycles. The van der Waals surface area contributed by atoms with Gasteiger partial charge < -0.3 is 10.5 Å². The molecule has 1 saturated carbocycles. The molecule has 0 aromatic heterocycles. The fourth-order valence-electron chi connectivity index (χ4n) is 2.66. The predicted molar refractivity (Wildman–Crippen MR) is 64.5 cm³/mol. The second-order valence-electron chi connectivity index (χ2n) is 5.43. The first-order valence-corrected chi connectivity index (χ1v) is 6.29. The fourth-order valence-corrected chi connectivity index (χ4v) is 2.66. The molecule has 2 unspecified atom stereocenters. The number of halogens is 3. The first kappa shape index (κ1) is 16.2. The van der Waals surface area contributed by atoms with Crippen LogP contribution in [-0.2, 0) is 9.53 Å². The molecule has 1 aliphatic carbocycles. The highest BCUT2D eigenvalue weighted by Crippen LogP contribution is 2.34. The zero-order valence-corrected chi connectivity index (χ0v) is 11.5. The molecule has 0 spiro atoms. The van der Waals surface area contributed by atoms with Crippen LogP contribution in [0, 0.1) is 0 Å². The lowest BCUT2D eigenvalue weighted by Gasteiger charge is -2.34. The summed E-state index contributed by atoms with van der Waals surface area (Å²) in [6.45, 7) is 2.44. The molecule has 0 saturated heterocycles. The van der Waals surface area contributed by atoms with E-state index < -0.39 is 24.2 Å². The Hall–Kier alpha value is -0.820. The summed E-state index contributed by atoms with van der Waals surface area (Å²) in [5.41, 5.74) is 4.77. The van der Waals surface area contributed by atoms with Crippen molar-refractivity contribution in [1.29, 1.82) is 0 Å². The number of alkyl halides is 3. The van der Waals surface area contributed by atoms with Crippen molar-refractivity contribution >= 4 is 5.97 Å². The van der Waals surface area contributed by atoms with E-state index in [1.54, 1.807) is 13.8 Å². The Kier molecular flexibility index (Phi) is 4.84. The van der Waals surface area contributed by atoms with E-state index >= 15 is 0 Å². The SMILES string of the molecule is COC(=O)C1(N)CCC(N(CC(F)(F)F)C(C)C)C1. The maximum absolute atomic E-state index is 12.6. The summed E-state index contributed by atoms with van der Waals surface area (Å²) >= 11 is 0. The largest absolute Gasteiger partial charge is 0.468 e. The Morgan fingerprint density at radius 2 is 2.11 bits per heavy atom. The van der Waals surface area contributed by atoms with Crippen LogP contribution < -0.4 is 5.73 Å². The lowest BCUT2D eigenvalue weighted by molar-refractivity contribution is -0.155. The van der Waals surface area contributed by atoms with Crippen LogP contribution in [-0.4, -0.2) is 48.3 Å². The molecule has 2 atom stereocenters. The molecule has 19 heavy (non-hydrogen) atoms. The molecule has 0 aromatic carbocycles. The highest BCUT2D eigenvalue weighted by atomic mass is 19.4. The van der Waals surface area contributed by atoms with Crippen LogP contribution >= 0.6 is 0 Å². The van der Waals surface area contributed by atoms with Crippen molar-refractivity contribution in [2.75, 3.05) is 13.7 Å². The third-order valence-electron chi connectivity index (χ3n) is 3.61. The van der Waals surface area contributed by atoms with Crippen LogP contribution in [0.5, 0.6) is 0 Å². The van der Waals surface area contributed by atoms with Gasteiger partial charge in [-0.25, -0.2) is 0 Å². The second kappa shape index (κ2) is 5.66. The highest BCUT2D eigenvalue weighted by Gasteiger charge is 2.46. The summed E-state index contributed by atoms with van der Waals surface area (Å²) in [5, 5.41) is 0. The topological polar surface area (TPSA) is 55.6 Å². The number of nitrogens with two attached hydrogens (primary N) is 1. The summed E-state index contributed by atoms with van der Waals surface area (Å²) in [6, 6.07) is -0.600. The maximum atomic E-state index is 12.6. The minimum Gasteiger partial charge on any atom is -0.468 e. The number of hydrogen-bond donors (Lipinski definition) is 1. The van der Waals surface area contributed by atoms with Crippen molar-refractivity contribution in [1.82, 2.24) is 4.90 Å². The van der Waals surface area contributed by atoms with Gasteiger partial charge in [0.25, 0.3) is 0 Å².